The molecule has 1 saturated carbocycles. The molecule has 1 aliphatic heterocycles. The summed E-state index contributed by atoms with van der Waals surface area (Å²) in [6.07, 6.45) is 10.8. The molecule has 2 fully saturated rings. The minimum absolute atomic E-state index is 0.646. The van der Waals surface area contributed by atoms with Crippen molar-refractivity contribution in [2.45, 2.75) is 50.9 Å². The standard InChI is InChI=1S/C17H24N6/c1-4-10-23(11-5-1)17-18-9-8-15(20-17)19-16-12-14(21-22-16)13-6-2-3-7-13/h8-9,12-13H,1-7,10-11H2,(H2,18,19,20,21,22). The maximum absolute atomic E-state index is 4.65. The third kappa shape index (κ3) is 3.30. The molecular formula is C17H24N6. The summed E-state index contributed by atoms with van der Waals surface area (Å²) in [5.41, 5.74) is 1.25. The van der Waals surface area contributed by atoms with Gasteiger partial charge in [-0.05, 0) is 38.2 Å². The third-order valence-electron chi connectivity index (χ3n) is 4.93. The van der Waals surface area contributed by atoms with Gasteiger partial charge in [-0.25, -0.2) is 4.98 Å². The lowest BCUT2D eigenvalue weighted by atomic mass is 10.0. The molecule has 0 amide bonds. The van der Waals surface area contributed by atoms with E-state index in [-0.39, 0.29) is 0 Å². The molecule has 2 aromatic rings. The normalized spacial score (nSPS) is 19.2. The maximum Gasteiger partial charge on any atom is 0.227 e. The molecule has 4 rings (SSSR count). The van der Waals surface area contributed by atoms with Gasteiger partial charge >= 0.3 is 0 Å². The topological polar surface area (TPSA) is 69.7 Å². The summed E-state index contributed by atoms with van der Waals surface area (Å²) >= 11 is 0. The molecule has 1 aliphatic carbocycles. The van der Waals surface area contributed by atoms with Gasteiger partial charge in [-0.2, -0.15) is 10.1 Å². The van der Waals surface area contributed by atoms with Crippen LogP contribution in [0, 0.1) is 0 Å². The first-order chi connectivity index (χ1) is 11.4. The number of nitrogens with one attached hydrogen (secondary N) is 2. The minimum atomic E-state index is 0.646. The predicted molar refractivity (Wildman–Crippen MR) is 91.2 cm³/mol. The molecule has 6 heteroatoms. The summed E-state index contributed by atoms with van der Waals surface area (Å²) in [5.74, 6) is 3.12. The Kier molecular flexibility index (Phi) is 4.13. The van der Waals surface area contributed by atoms with E-state index in [0.29, 0.717) is 5.92 Å². The average Bonchev–Trinajstić information content (AvgIpc) is 3.27. The first kappa shape index (κ1) is 14.5. The molecule has 6 nitrogen and oxygen atoms in total. The quantitative estimate of drug-likeness (QED) is 0.903. The van der Waals surface area contributed by atoms with Crippen molar-refractivity contribution in [2.24, 2.45) is 0 Å². The Balaban J connectivity index is 1.46. The van der Waals surface area contributed by atoms with Crippen LogP contribution in [0.2, 0.25) is 0 Å². The Morgan fingerprint density at radius 1 is 1.04 bits per heavy atom. The fourth-order valence-electron chi connectivity index (χ4n) is 3.64. The fraction of sp³-hybridized carbons (Fsp3) is 0.588. The average molecular weight is 312 g/mol. The van der Waals surface area contributed by atoms with Crippen molar-refractivity contribution >= 4 is 17.6 Å². The number of hydrogen-bond donors (Lipinski definition) is 2. The van der Waals surface area contributed by atoms with Crippen LogP contribution in [-0.4, -0.2) is 33.3 Å². The minimum Gasteiger partial charge on any atom is -0.341 e. The van der Waals surface area contributed by atoms with E-state index < -0.39 is 0 Å². The molecule has 3 heterocycles. The number of aromatic nitrogens is 4. The van der Waals surface area contributed by atoms with Crippen LogP contribution in [0.1, 0.15) is 56.6 Å². The molecular weight excluding hydrogens is 288 g/mol. The number of hydrogen-bond acceptors (Lipinski definition) is 5. The van der Waals surface area contributed by atoms with Crippen molar-refractivity contribution in [3.63, 3.8) is 0 Å². The molecule has 0 unspecified atom stereocenters. The van der Waals surface area contributed by atoms with E-state index in [2.05, 4.69) is 36.4 Å². The first-order valence-electron chi connectivity index (χ1n) is 8.79. The van der Waals surface area contributed by atoms with Gasteiger partial charge in [-0.3, -0.25) is 5.10 Å². The summed E-state index contributed by atoms with van der Waals surface area (Å²) in [6, 6.07) is 4.02. The van der Waals surface area contributed by atoms with Gasteiger partial charge in [0.05, 0.1) is 0 Å². The van der Waals surface area contributed by atoms with Gasteiger partial charge in [0, 0.05) is 37.0 Å². The third-order valence-corrected chi connectivity index (χ3v) is 4.93. The fourth-order valence-corrected chi connectivity index (χ4v) is 3.64. The Labute approximate surface area is 136 Å². The lowest BCUT2D eigenvalue weighted by Crippen LogP contribution is -2.31. The zero-order valence-corrected chi connectivity index (χ0v) is 13.5. The van der Waals surface area contributed by atoms with Crippen LogP contribution >= 0.6 is 0 Å². The molecule has 0 spiro atoms. The second-order valence-electron chi connectivity index (χ2n) is 6.60. The largest absolute Gasteiger partial charge is 0.341 e. The predicted octanol–water partition coefficient (Wildman–Crippen LogP) is 3.59. The van der Waals surface area contributed by atoms with E-state index in [9.17, 15) is 0 Å². The van der Waals surface area contributed by atoms with E-state index in [1.165, 1.54) is 50.6 Å². The van der Waals surface area contributed by atoms with Crippen molar-refractivity contribution in [1.82, 2.24) is 20.2 Å². The summed E-state index contributed by atoms with van der Waals surface area (Å²) < 4.78 is 0. The highest BCUT2D eigenvalue weighted by Gasteiger charge is 2.19. The van der Waals surface area contributed by atoms with Crippen LogP contribution in [-0.2, 0) is 0 Å². The molecule has 122 valence electrons. The summed E-state index contributed by atoms with van der Waals surface area (Å²) in [4.78, 5) is 11.3. The molecule has 23 heavy (non-hydrogen) atoms. The molecule has 0 aromatic carbocycles. The van der Waals surface area contributed by atoms with Gasteiger partial charge in [0.2, 0.25) is 5.95 Å². The number of H-pyrrole nitrogens is 1. The molecule has 0 bridgehead atoms. The van der Waals surface area contributed by atoms with Crippen molar-refractivity contribution in [2.75, 3.05) is 23.3 Å². The van der Waals surface area contributed by atoms with Crippen LogP contribution in [0.25, 0.3) is 0 Å². The second-order valence-corrected chi connectivity index (χ2v) is 6.60. The lowest BCUT2D eigenvalue weighted by molar-refractivity contribution is 0.568. The van der Waals surface area contributed by atoms with E-state index in [1.807, 2.05) is 12.3 Å². The van der Waals surface area contributed by atoms with Crippen molar-refractivity contribution in [1.29, 1.82) is 0 Å². The van der Waals surface area contributed by atoms with Crippen LogP contribution in [0.15, 0.2) is 18.3 Å². The van der Waals surface area contributed by atoms with Crippen LogP contribution in [0.5, 0.6) is 0 Å². The van der Waals surface area contributed by atoms with E-state index in [0.717, 1.165) is 30.7 Å². The smallest absolute Gasteiger partial charge is 0.227 e. The Morgan fingerprint density at radius 3 is 2.70 bits per heavy atom. The molecule has 2 aromatic heterocycles. The van der Waals surface area contributed by atoms with Gasteiger partial charge in [-0.1, -0.05) is 12.8 Å². The Bertz CT molecular complexity index is 640. The Hall–Kier alpha value is -2.11. The zero-order chi connectivity index (χ0) is 15.5. The van der Waals surface area contributed by atoms with Crippen molar-refractivity contribution in [3.05, 3.63) is 24.0 Å². The molecule has 2 N–H and O–H groups in total. The molecule has 0 atom stereocenters. The van der Waals surface area contributed by atoms with Crippen molar-refractivity contribution < 1.29 is 0 Å². The highest BCUT2D eigenvalue weighted by molar-refractivity contribution is 5.53. The molecule has 1 saturated heterocycles. The van der Waals surface area contributed by atoms with E-state index in [4.69, 9.17) is 0 Å². The summed E-state index contributed by atoms with van der Waals surface area (Å²) in [5, 5.41) is 10.9. The maximum atomic E-state index is 4.65. The highest BCUT2D eigenvalue weighted by Crippen LogP contribution is 2.34. The number of piperidine rings is 1. The SMILES string of the molecule is c1cc(Nc2cc(C3CCCC3)[nH]n2)nc(N2CCCCC2)n1. The number of nitrogens with zero attached hydrogens (tertiary/aromatic N) is 4. The van der Waals surface area contributed by atoms with Gasteiger partial charge in [0.1, 0.15) is 5.82 Å². The monoisotopic (exact) mass is 312 g/mol. The molecule has 2 aliphatic rings. The van der Waals surface area contributed by atoms with Gasteiger partial charge in [0.25, 0.3) is 0 Å². The van der Waals surface area contributed by atoms with Crippen molar-refractivity contribution in [3.8, 4) is 0 Å². The highest BCUT2D eigenvalue weighted by atomic mass is 15.3. The zero-order valence-electron chi connectivity index (χ0n) is 13.5. The van der Waals surface area contributed by atoms with Gasteiger partial charge in [-0.15, -0.1) is 0 Å². The summed E-state index contributed by atoms with van der Waals surface area (Å²) in [6.45, 7) is 2.11. The Morgan fingerprint density at radius 2 is 1.87 bits per heavy atom. The first-order valence-corrected chi connectivity index (χ1v) is 8.79. The van der Waals surface area contributed by atoms with E-state index in [1.54, 1.807) is 0 Å². The van der Waals surface area contributed by atoms with Gasteiger partial charge in [0.15, 0.2) is 5.82 Å². The molecule has 0 radical (unpaired) electrons. The lowest BCUT2D eigenvalue weighted by Gasteiger charge is -2.26. The van der Waals surface area contributed by atoms with E-state index >= 15 is 0 Å². The second kappa shape index (κ2) is 6.56. The van der Waals surface area contributed by atoms with Crippen LogP contribution in [0.4, 0.5) is 17.6 Å². The number of rotatable bonds is 4. The summed E-state index contributed by atoms with van der Waals surface area (Å²) in [7, 11) is 0. The number of anilines is 3. The van der Waals surface area contributed by atoms with Gasteiger partial charge < -0.3 is 10.2 Å². The number of aromatic amines is 1. The van der Waals surface area contributed by atoms with Crippen LogP contribution in [0.3, 0.4) is 0 Å². The van der Waals surface area contributed by atoms with Crippen LogP contribution < -0.4 is 10.2 Å².